The number of phenolic OH excluding ortho intramolecular Hbond substituents is 1. The first-order valence-corrected chi connectivity index (χ1v) is 4.16. The van der Waals surface area contributed by atoms with Crippen molar-refractivity contribution in [2.45, 2.75) is 0 Å². The van der Waals surface area contributed by atoms with Crippen LogP contribution in [0.15, 0.2) is 12.1 Å². The van der Waals surface area contributed by atoms with Crippen LogP contribution in [0.2, 0.25) is 0 Å². The first kappa shape index (κ1) is 10.5. The summed E-state index contributed by atoms with van der Waals surface area (Å²) in [6.45, 7) is 0. The average molecular weight is 214 g/mol. The highest BCUT2D eigenvalue weighted by Gasteiger charge is 2.18. The standard InChI is InChI=1S/C9H5ClFNO2/c10-3-7(13)8-5(4-12)1-2-6(11)9(8)14/h1-2,14H,3H2. The zero-order valence-electron chi connectivity index (χ0n) is 6.92. The molecule has 0 heterocycles. The molecule has 0 radical (unpaired) electrons. The molecule has 0 aliphatic rings. The molecule has 72 valence electrons. The minimum Gasteiger partial charge on any atom is -0.504 e. The van der Waals surface area contributed by atoms with Gasteiger partial charge in [-0.05, 0) is 12.1 Å². The van der Waals surface area contributed by atoms with Crippen LogP contribution in [0.25, 0.3) is 0 Å². The number of aromatic hydroxyl groups is 1. The summed E-state index contributed by atoms with van der Waals surface area (Å²) in [4.78, 5) is 11.2. The van der Waals surface area contributed by atoms with E-state index in [0.717, 1.165) is 12.1 Å². The molecule has 1 N–H and O–H groups in total. The Hall–Kier alpha value is -1.60. The smallest absolute Gasteiger partial charge is 0.182 e. The molecule has 0 bridgehead atoms. The van der Waals surface area contributed by atoms with Gasteiger partial charge >= 0.3 is 0 Å². The number of halogens is 2. The molecule has 0 spiro atoms. The van der Waals surface area contributed by atoms with Crippen LogP contribution < -0.4 is 0 Å². The van der Waals surface area contributed by atoms with Crippen LogP contribution in [0.3, 0.4) is 0 Å². The minimum atomic E-state index is -0.947. The topological polar surface area (TPSA) is 61.1 Å². The van der Waals surface area contributed by atoms with Gasteiger partial charge in [0.25, 0.3) is 0 Å². The molecule has 1 aromatic rings. The second kappa shape index (κ2) is 4.07. The van der Waals surface area contributed by atoms with Crippen LogP contribution in [0.1, 0.15) is 15.9 Å². The fourth-order valence-corrected chi connectivity index (χ4v) is 1.14. The van der Waals surface area contributed by atoms with Crippen molar-refractivity contribution in [3.05, 3.63) is 29.1 Å². The number of phenols is 1. The molecule has 0 unspecified atom stereocenters. The number of alkyl halides is 1. The van der Waals surface area contributed by atoms with E-state index in [9.17, 15) is 14.3 Å². The molecular formula is C9H5ClFNO2. The fourth-order valence-electron chi connectivity index (χ4n) is 1.01. The molecule has 0 amide bonds. The largest absolute Gasteiger partial charge is 0.504 e. The lowest BCUT2D eigenvalue weighted by atomic mass is 10.0. The van der Waals surface area contributed by atoms with Crippen molar-refractivity contribution < 1.29 is 14.3 Å². The van der Waals surface area contributed by atoms with Gasteiger partial charge in [0.15, 0.2) is 17.3 Å². The van der Waals surface area contributed by atoms with E-state index in [1.54, 1.807) is 6.07 Å². The predicted molar refractivity (Wildman–Crippen MR) is 47.8 cm³/mol. The summed E-state index contributed by atoms with van der Waals surface area (Å²) >= 11 is 5.25. The van der Waals surface area contributed by atoms with E-state index in [4.69, 9.17) is 16.9 Å². The number of benzene rings is 1. The lowest BCUT2D eigenvalue weighted by Crippen LogP contribution is -2.05. The highest BCUT2D eigenvalue weighted by Crippen LogP contribution is 2.25. The number of rotatable bonds is 2. The van der Waals surface area contributed by atoms with Crippen molar-refractivity contribution in [2.24, 2.45) is 0 Å². The fraction of sp³-hybridized carbons (Fsp3) is 0.111. The molecule has 0 aliphatic carbocycles. The van der Waals surface area contributed by atoms with Crippen molar-refractivity contribution in [3.63, 3.8) is 0 Å². The average Bonchev–Trinajstić information content (AvgIpc) is 2.20. The molecule has 0 atom stereocenters. The van der Waals surface area contributed by atoms with Crippen molar-refractivity contribution in [1.29, 1.82) is 5.26 Å². The molecule has 0 saturated carbocycles. The summed E-state index contributed by atoms with van der Waals surface area (Å²) in [5, 5.41) is 17.8. The molecule has 1 aromatic carbocycles. The third-order valence-electron chi connectivity index (χ3n) is 1.65. The number of nitrogens with zero attached hydrogens (tertiary/aromatic N) is 1. The van der Waals surface area contributed by atoms with Gasteiger partial charge in [-0.2, -0.15) is 5.26 Å². The van der Waals surface area contributed by atoms with Gasteiger partial charge in [-0.25, -0.2) is 4.39 Å². The molecule has 0 aromatic heterocycles. The summed E-state index contributed by atoms with van der Waals surface area (Å²) in [5.41, 5.74) is -0.447. The lowest BCUT2D eigenvalue weighted by Gasteiger charge is -2.04. The van der Waals surface area contributed by atoms with E-state index in [-0.39, 0.29) is 11.1 Å². The van der Waals surface area contributed by atoms with Gasteiger partial charge in [0.05, 0.1) is 17.0 Å². The predicted octanol–water partition coefficient (Wildman–Crippen LogP) is 1.82. The van der Waals surface area contributed by atoms with Crippen molar-refractivity contribution in [2.75, 3.05) is 5.88 Å². The van der Waals surface area contributed by atoms with Gasteiger partial charge in [-0.3, -0.25) is 4.79 Å². The Morgan fingerprint density at radius 1 is 1.64 bits per heavy atom. The van der Waals surface area contributed by atoms with Crippen LogP contribution in [-0.2, 0) is 0 Å². The van der Waals surface area contributed by atoms with Gasteiger partial charge in [-0.1, -0.05) is 0 Å². The van der Waals surface area contributed by atoms with Crippen molar-refractivity contribution in [1.82, 2.24) is 0 Å². The molecule has 14 heavy (non-hydrogen) atoms. The highest BCUT2D eigenvalue weighted by atomic mass is 35.5. The van der Waals surface area contributed by atoms with E-state index < -0.39 is 23.2 Å². The molecule has 3 nitrogen and oxygen atoms in total. The Morgan fingerprint density at radius 3 is 2.79 bits per heavy atom. The van der Waals surface area contributed by atoms with Gasteiger partial charge in [0, 0.05) is 0 Å². The molecule has 0 saturated heterocycles. The summed E-state index contributed by atoms with van der Waals surface area (Å²) in [6.07, 6.45) is 0. The summed E-state index contributed by atoms with van der Waals surface area (Å²) in [5.74, 6) is -2.86. The Kier molecular flexibility index (Phi) is 3.05. The van der Waals surface area contributed by atoms with E-state index in [1.165, 1.54) is 0 Å². The number of carbonyl (C=O) groups excluding carboxylic acids is 1. The van der Waals surface area contributed by atoms with Gasteiger partial charge < -0.3 is 5.11 Å². The number of hydrogen-bond donors (Lipinski definition) is 1. The third kappa shape index (κ3) is 1.68. The minimum absolute atomic E-state index is 0.0884. The summed E-state index contributed by atoms with van der Waals surface area (Å²) in [6, 6.07) is 3.71. The van der Waals surface area contributed by atoms with Crippen LogP contribution in [-0.4, -0.2) is 16.8 Å². The summed E-state index contributed by atoms with van der Waals surface area (Å²) in [7, 11) is 0. The molecule has 5 heteroatoms. The van der Waals surface area contributed by atoms with Gasteiger partial charge in [-0.15, -0.1) is 11.6 Å². The molecule has 1 rings (SSSR count). The maximum absolute atomic E-state index is 12.8. The Bertz CT molecular complexity index is 426. The van der Waals surface area contributed by atoms with E-state index in [1.807, 2.05) is 0 Å². The number of carbonyl (C=O) groups is 1. The number of nitriles is 1. The SMILES string of the molecule is N#Cc1ccc(F)c(O)c1C(=O)CCl. The first-order chi connectivity index (χ1) is 6.61. The number of Topliss-reactive ketones (excluding diaryl/α,β-unsaturated/α-hetero) is 1. The second-order valence-corrected chi connectivity index (χ2v) is 2.75. The Balaban J connectivity index is 3.45. The maximum Gasteiger partial charge on any atom is 0.182 e. The van der Waals surface area contributed by atoms with Gasteiger partial charge in [0.1, 0.15) is 6.07 Å². The zero-order valence-corrected chi connectivity index (χ0v) is 7.68. The van der Waals surface area contributed by atoms with E-state index in [2.05, 4.69) is 0 Å². The maximum atomic E-state index is 12.8. The third-order valence-corrected chi connectivity index (χ3v) is 1.89. The highest BCUT2D eigenvalue weighted by molar-refractivity contribution is 6.31. The molecule has 0 aliphatic heterocycles. The monoisotopic (exact) mass is 213 g/mol. The first-order valence-electron chi connectivity index (χ1n) is 3.62. The van der Waals surface area contributed by atoms with Crippen LogP contribution in [0, 0.1) is 17.1 Å². The van der Waals surface area contributed by atoms with Crippen LogP contribution >= 0.6 is 11.6 Å². The van der Waals surface area contributed by atoms with Gasteiger partial charge in [0.2, 0.25) is 0 Å². The normalized spacial score (nSPS) is 9.50. The van der Waals surface area contributed by atoms with Crippen molar-refractivity contribution in [3.8, 4) is 11.8 Å². The number of ketones is 1. The Labute approximate surface area is 84.3 Å². The Morgan fingerprint density at radius 2 is 2.29 bits per heavy atom. The molecule has 0 fully saturated rings. The second-order valence-electron chi connectivity index (χ2n) is 2.49. The van der Waals surface area contributed by atoms with E-state index >= 15 is 0 Å². The van der Waals surface area contributed by atoms with Crippen LogP contribution in [0.5, 0.6) is 5.75 Å². The zero-order chi connectivity index (χ0) is 10.7. The lowest BCUT2D eigenvalue weighted by molar-refractivity contribution is 0.101. The van der Waals surface area contributed by atoms with Crippen LogP contribution in [0.4, 0.5) is 4.39 Å². The molecular weight excluding hydrogens is 209 g/mol. The quantitative estimate of drug-likeness (QED) is 0.602. The number of hydrogen-bond acceptors (Lipinski definition) is 3. The summed E-state index contributed by atoms with van der Waals surface area (Å²) < 4.78 is 12.8. The van der Waals surface area contributed by atoms with Crippen molar-refractivity contribution >= 4 is 17.4 Å². The van der Waals surface area contributed by atoms with E-state index in [0.29, 0.717) is 0 Å².